The van der Waals surface area contributed by atoms with Gasteiger partial charge in [-0.3, -0.25) is 9.10 Å². The van der Waals surface area contributed by atoms with Gasteiger partial charge >= 0.3 is 0 Å². The van der Waals surface area contributed by atoms with E-state index in [-0.39, 0.29) is 0 Å². The molecule has 1 N–H and O–H groups in total. The van der Waals surface area contributed by atoms with Crippen molar-refractivity contribution >= 4 is 27.3 Å². The monoisotopic (exact) mass is 481 g/mol. The van der Waals surface area contributed by atoms with Gasteiger partial charge in [0.15, 0.2) is 0 Å². The van der Waals surface area contributed by atoms with E-state index in [1.807, 2.05) is 42.5 Å². The molecule has 0 aliphatic carbocycles. The smallest absolute Gasteiger partial charge is 0.263 e. The molecular weight excluding hydrogens is 454 g/mol. The van der Waals surface area contributed by atoms with Crippen molar-refractivity contribution in [3.8, 4) is 17.2 Å². The third-order valence-corrected chi connectivity index (χ3v) is 6.24. The Hall–Kier alpha value is -3.85. The van der Waals surface area contributed by atoms with Gasteiger partial charge in [-0.2, -0.15) is 5.10 Å². The summed E-state index contributed by atoms with van der Waals surface area (Å²) in [6.45, 7) is 3.25. The van der Waals surface area contributed by atoms with Crippen LogP contribution in [0.5, 0.6) is 17.2 Å². The Bertz CT molecular complexity index is 1240. The van der Waals surface area contributed by atoms with Crippen molar-refractivity contribution in [2.75, 3.05) is 17.7 Å². The number of benzene rings is 3. The molecule has 0 aliphatic rings. The van der Waals surface area contributed by atoms with E-state index in [2.05, 4.69) is 10.5 Å². The quantitative estimate of drug-likeness (QED) is 0.365. The SMILES string of the molecule is COc1ccc(/C(C)=N\NC(=O)[C@H](C)N(c2ccc(Oc3ccccc3)cc2)S(C)(=O)=O)cc1. The second kappa shape index (κ2) is 10.8. The summed E-state index contributed by atoms with van der Waals surface area (Å²) in [5.74, 6) is 1.34. The molecule has 3 aromatic carbocycles. The lowest BCUT2D eigenvalue weighted by atomic mass is 10.1. The van der Waals surface area contributed by atoms with Crippen molar-refractivity contribution < 1.29 is 22.7 Å². The highest BCUT2D eigenvalue weighted by Crippen LogP contribution is 2.27. The largest absolute Gasteiger partial charge is 0.497 e. The van der Waals surface area contributed by atoms with Gasteiger partial charge in [-0.25, -0.2) is 13.8 Å². The summed E-state index contributed by atoms with van der Waals surface area (Å²) in [6.07, 6.45) is 1.05. The number of hydrazone groups is 1. The Morgan fingerprint density at radius 2 is 1.47 bits per heavy atom. The number of hydrogen-bond donors (Lipinski definition) is 1. The molecule has 1 atom stereocenters. The maximum atomic E-state index is 12.8. The molecule has 0 radical (unpaired) electrons. The highest BCUT2D eigenvalue weighted by atomic mass is 32.2. The molecule has 0 spiro atoms. The lowest BCUT2D eigenvalue weighted by molar-refractivity contribution is -0.121. The van der Waals surface area contributed by atoms with E-state index in [0.29, 0.717) is 28.6 Å². The fraction of sp³-hybridized carbons (Fsp3) is 0.200. The van der Waals surface area contributed by atoms with Crippen LogP contribution in [0.1, 0.15) is 19.4 Å². The van der Waals surface area contributed by atoms with E-state index in [4.69, 9.17) is 9.47 Å². The first-order valence-electron chi connectivity index (χ1n) is 10.5. The van der Waals surface area contributed by atoms with Crippen LogP contribution in [0.25, 0.3) is 0 Å². The molecular formula is C25H27N3O5S. The minimum atomic E-state index is -3.76. The summed E-state index contributed by atoms with van der Waals surface area (Å²) in [5, 5.41) is 4.12. The minimum absolute atomic E-state index is 0.335. The topological polar surface area (TPSA) is 97.3 Å². The molecule has 0 heterocycles. The molecule has 0 aromatic heterocycles. The number of nitrogens with one attached hydrogen (secondary N) is 1. The molecule has 0 saturated carbocycles. The molecule has 34 heavy (non-hydrogen) atoms. The molecule has 178 valence electrons. The normalized spacial score (nSPS) is 12.5. The lowest BCUT2D eigenvalue weighted by Gasteiger charge is -2.27. The van der Waals surface area contributed by atoms with Gasteiger partial charge in [0.25, 0.3) is 5.91 Å². The zero-order valence-electron chi connectivity index (χ0n) is 19.4. The Kier molecular flexibility index (Phi) is 7.91. The summed E-state index contributed by atoms with van der Waals surface area (Å²) in [4.78, 5) is 12.8. The van der Waals surface area contributed by atoms with Crippen molar-refractivity contribution in [1.82, 2.24) is 5.43 Å². The first-order chi connectivity index (χ1) is 16.2. The molecule has 0 saturated heterocycles. The summed E-state index contributed by atoms with van der Waals surface area (Å²) in [7, 11) is -2.18. The van der Waals surface area contributed by atoms with Crippen LogP contribution in [0.2, 0.25) is 0 Å². The number of sulfonamides is 1. The predicted molar refractivity (Wildman–Crippen MR) is 133 cm³/mol. The highest BCUT2D eigenvalue weighted by molar-refractivity contribution is 7.92. The average molecular weight is 482 g/mol. The number of carbonyl (C=O) groups is 1. The van der Waals surface area contributed by atoms with E-state index in [0.717, 1.165) is 16.1 Å². The number of hydrogen-bond acceptors (Lipinski definition) is 6. The van der Waals surface area contributed by atoms with Crippen LogP contribution in [0, 0.1) is 0 Å². The number of para-hydroxylation sites is 1. The van der Waals surface area contributed by atoms with Crippen molar-refractivity contribution in [2.24, 2.45) is 5.10 Å². The molecule has 3 aromatic rings. The number of anilines is 1. The van der Waals surface area contributed by atoms with Crippen LogP contribution in [0.4, 0.5) is 5.69 Å². The summed E-state index contributed by atoms with van der Waals surface area (Å²) < 4.78 is 37.0. The lowest BCUT2D eigenvalue weighted by Crippen LogP contribution is -2.46. The maximum absolute atomic E-state index is 12.8. The molecule has 9 heteroatoms. The maximum Gasteiger partial charge on any atom is 0.263 e. The number of amides is 1. The predicted octanol–water partition coefficient (Wildman–Crippen LogP) is 4.18. The van der Waals surface area contributed by atoms with E-state index >= 15 is 0 Å². The molecule has 0 bridgehead atoms. The highest BCUT2D eigenvalue weighted by Gasteiger charge is 2.29. The van der Waals surface area contributed by atoms with E-state index in [9.17, 15) is 13.2 Å². The average Bonchev–Trinajstić information content (AvgIpc) is 2.83. The second-order valence-corrected chi connectivity index (χ2v) is 9.41. The Morgan fingerprint density at radius 1 is 0.912 bits per heavy atom. The van der Waals surface area contributed by atoms with Crippen molar-refractivity contribution in [1.29, 1.82) is 0 Å². The number of carbonyl (C=O) groups excluding carboxylic acids is 1. The van der Waals surface area contributed by atoms with Crippen LogP contribution in [-0.2, 0) is 14.8 Å². The molecule has 0 aliphatic heterocycles. The molecule has 0 unspecified atom stereocenters. The molecule has 3 rings (SSSR count). The second-order valence-electron chi connectivity index (χ2n) is 7.55. The van der Waals surface area contributed by atoms with Crippen molar-refractivity contribution in [3.05, 3.63) is 84.4 Å². The van der Waals surface area contributed by atoms with Gasteiger partial charge in [-0.05, 0) is 80.1 Å². The van der Waals surface area contributed by atoms with Gasteiger partial charge in [0, 0.05) is 0 Å². The standard InChI is InChI=1S/C25H27N3O5S/c1-18(20-10-14-22(32-3)15-11-20)26-27-25(29)19(2)28(34(4,30)31)21-12-16-24(17-13-21)33-23-8-6-5-7-9-23/h5-17,19H,1-4H3,(H,27,29)/b26-18-/t19-/m0/s1. The van der Waals surface area contributed by atoms with Crippen LogP contribution in [0.3, 0.4) is 0 Å². The third-order valence-electron chi connectivity index (χ3n) is 5.00. The van der Waals surface area contributed by atoms with Crippen LogP contribution >= 0.6 is 0 Å². The van der Waals surface area contributed by atoms with Crippen LogP contribution < -0.4 is 19.2 Å². The molecule has 0 fully saturated rings. The summed E-state index contributed by atoms with van der Waals surface area (Å²) in [6, 6.07) is 21.9. The Labute approximate surface area is 199 Å². The summed E-state index contributed by atoms with van der Waals surface area (Å²) >= 11 is 0. The first kappa shape index (κ1) is 24.8. The fourth-order valence-electron chi connectivity index (χ4n) is 3.22. The van der Waals surface area contributed by atoms with Gasteiger partial charge in [0.1, 0.15) is 23.3 Å². The van der Waals surface area contributed by atoms with Crippen molar-refractivity contribution in [3.63, 3.8) is 0 Å². The van der Waals surface area contributed by atoms with E-state index in [1.165, 1.54) is 6.92 Å². The van der Waals surface area contributed by atoms with Gasteiger partial charge < -0.3 is 9.47 Å². The first-order valence-corrected chi connectivity index (χ1v) is 12.3. The van der Waals surface area contributed by atoms with Gasteiger partial charge in [0.2, 0.25) is 10.0 Å². The molecule has 1 amide bonds. The Morgan fingerprint density at radius 3 is 2.03 bits per heavy atom. The fourth-order valence-corrected chi connectivity index (χ4v) is 4.40. The third kappa shape index (κ3) is 6.35. The molecule has 8 nitrogen and oxygen atoms in total. The van der Waals surface area contributed by atoms with Crippen LogP contribution in [0.15, 0.2) is 84.0 Å². The minimum Gasteiger partial charge on any atom is -0.497 e. The Balaban J connectivity index is 1.74. The van der Waals surface area contributed by atoms with Crippen molar-refractivity contribution in [2.45, 2.75) is 19.9 Å². The number of methoxy groups -OCH3 is 1. The summed E-state index contributed by atoms with van der Waals surface area (Å²) in [5.41, 5.74) is 4.16. The number of rotatable bonds is 9. The van der Waals surface area contributed by atoms with Crippen LogP contribution in [-0.4, -0.2) is 39.4 Å². The van der Waals surface area contributed by atoms with E-state index in [1.54, 1.807) is 50.4 Å². The van der Waals surface area contributed by atoms with Gasteiger partial charge in [0.05, 0.1) is 24.8 Å². The zero-order chi connectivity index (χ0) is 24.7. The zero-order valence-corrected chi connectivity index (χ0v) is 20.2. The number of ether oxygens (including phenoxy) is 2. The number of nitrogens with zero attached hydrogens (tertiary/aromatic N) is 2. The van der Waals surface area contributed by atoms with E-state index < -0.39 is 22.0 Å². The van der Waals surface area contributed by atoms with Gasteiger partial charge in [-0.15, -0.1) is 0 Å². The van der Waals surface area contributed by atoms with Gasteiger partial charge in [-0.1, -0.05) is 18.2 Å².